The third kappa shape index (κ3) is 1.41. The zero-order valence-electron chi connectivity index (χ0n) is 12.1. The van der Waals surface area contributed by atoms with Gasteiger partial charge in [-0.3, -0.25) is 0 Å². The number of esters is 1. The van der Waals surface area contributed by atoms with E-state index in [1.165, 1.54) is 25.7 Å². The molecule has 4 bridgehead atoms. The van der Waals surface area contributed by atoms with E-state index < -0.39 is 0 Å². The summed E-state index contributed by atoms with van der Waals surface area (Å²) in [4.78, 5) is 12.6. The van der Waals surface area contributed by atoms with E-state index in [9.17, 15) is 4.79 Å². The van der Waals surface area contributed by atoms with Crippen molar-refractivity contribution < 1.29 is 9.53 Å². The summed E-state index contributed by atoms with van der Waals surface area (Å²) in [5.74, 6) is 3.00. The first-order valence-electron chi connectivity index (χ1n) is 8.26. The normalized spacial score (nSPS) is 45.0. The molecule has 2 heteroatoms. The second-order valence-corrected chi connectivity index (χ2v) is 7.30. The first-order valence-corrected chi connectivity index (χ1v) is 8.26. The Morgan fingerprint density at radius 2 is 1.95 bits per heavy atom. The van der Waals surface area contributed by atoms with Gasteiger partial charge in [0.2, 0.25) is 0 Å². The summed E-state index contributed by atoms with van der Waals surface area (Å²) in [6, 6.07) is 9.49. The van der Waals surface area contributed by atoms with E-state index in [4.69, 9.17) is 4.74 Å². The molecule has 0 aliphatic heterocycles. The van der Waals surface area contributed by atoms with Gasteiger partial charge in [-0.25, -0.2) is 4.79 Å². The maximum Gasteiger partial charge on any atom is 0.338 e. The first-order chi connectivity index (χ1) is 10.3. The number of hydrogen-bond acceptors (Lipinski definition) is 2. The Labute approximate surface area is 125 Å². The van der Waals surface area contributed by atoms with Crippen LogP contribution in [0.2, 0.25) is 0 Å². The van der Waals surface area contributed by atoms with Gasteiger partial charge in [-0.2, -0.15) is 0 Å². The Bertz CT molecular complexity index is 620. The quantitative estimate of drug-likeness (QED) is 0.467. The molecule has 21 heavy (non-hydrogen) atoms. The van der Waals surface area contributed by atoms with Crippen LogP contribution in [0.4, 0.5) is 0 Å². The van der Waals surface area contributed by atoms with Gasteiger partial charge in [-0.15, -0.1) is 0 Å². The highest BCUT2D eigenvalue weighted by molar-refractivity contribution is 5.89. The molecule has 0 heterocycles. The average Bonchev–Trinajstić information content (AvgIpc) is 3.27. The van der Waals surface area contributed by atoms with Crippen LogP contribution in [0.25, 0.3) is 0 Å². The van der Waals surface area contributed by atoms with Crippen molar-refractivity contribution >= 4 is 5.97 Å². The van der Waals surface area contributed by atoms with E-state index in [1.54, 1.807) is 0 Å². The Kier molecular flexibility index (Phi) is 2.29. The molecule has 0 amide bonds. The summed E-state index contributed by atoms with van der Waals surface area (Å²) in [6.45, 7) is 0. The van der Waals surface area contributed by atoms with Crippen molar-refractivity contribution in [2.24, 2.45) is 29.6 Å². The van der Waals surface area contributed by atoms with E-state index in [-0.39, 0.29) is 11.6 Å². The van der Waals surface area contributed by atoms with Gasteiger partial charge in [-0.1, -0.05) is 30.4 Å². The second-order valence-electron chi connectivity index (χ2n) is 7.30. The van der Waals surface area contributed by atoms with E-state index >= 15 is 0 Å². The van der Waals surface area contributed by atoms with Crippen LogP contribution in [0.15, 0.2) is 42.5 Å². The maximum absolute atomic E-state index is 12.6. The van der Waals surface area contributed by atoms with Gasteiger partial charge < -0.3 is 4.74 Å². The molecule has 1 aromatic rings. The number of ether oxygens (including phenoxy) is 1. The van der Waals surface area contributed by atoms with Crippen LogP contribution in [0.3, 0.4) is 0 Å². The van der Waals surface area contributed by atoms with Gasteiger partial charge in [0.25, 0.3) is 0 Å². The Balaban J connectivity index is 1.52. The molecule has 0 saturated heterocycles. The Morgan fingerprint density at radius 3 is 2.81 bits per heavy atom. The van der Waals surface area contributed by atoms with E-state index in [2.05, 4.69) is 12.2 Å². The highest BCUT2D eigenvalue weighted by Gasteiger charge is 2.70. The van der Waals surface area contributed by atoms with Crippen LogP contribution < -0.4 is 0 Å². The van der Waals surface area contributed by atoms with Crippen LogP contribution >= 0.6 is 0 Å². The third-order valence-electron chi connectivity index (χ3n) is 6.58. The number of allylic oxidation sites excluding steroid dienone is 1. The highest BCUT2D eigenvalue weighted by Crippen LogP contribution is 2.69. The number of carbonyl (C=O) groups excluding carboxylic acids is 1. The number of hydrogen-bond donors (Lipinski definition) is 0. The molecule has 0 radical (unpaired) electrons. The third-order valence-corrected chi connectivity index (χ3v) is 6.58. The molecule has 4 aliphatic rings. The Morgan fingerprint density at radius 1 is 1.10 bits per heavy atom. The minimum Gasteiger partial charge on any atom is -0.454 e. The smallest absolute Gasteiger partial charge is 0.338 e. The predicted octanol–water partition coefficient (Wildman–Crippen LogP) is 3.83. The van der Waals surface area contributed by atoms with E-state index in [1.807, 2.05) is 30.3 Å². The number of rotatable bonds is 2. The summed E-state index contributed by atoms with van der Waals surface area (Å²) in [5.41, 5.74) is 0.523. The SMILES string of the molecule is O=C(OC12C3C=CC(C3)C1C1CCC2C1)c1ccccc1. The maximum atomic E-state index is 12.6. The van der Waals surface area contributed by atoms with Gasteiger partial charge in [0.15, 0.2) is 0 Å². The topological polar surface area (TPSA) is 26.3 Å². The molecule has 1 aromatic carbocycles. The zero-order valence-corrected chi connectivity index (χ0v) is 12.1. The fourth-order valence-corrected chi connectivity index (χ4v) is 5.98. The van der Waals surface area contributed by atoms with Crippen molar-refractivity contribution in [2.45, 2.75) is 31.3 Å². The number of carbonyl (C=O) groups is 1. The molecule has 6 unspecified atom stereocenters. The van der Waals surface area contributed by atoms with Crippen molar-refractivity contribution in [3.63, 3.8) is 0 Å². The minimum absolute atomic E-state index is 0.117. The van der Waals surface area contributed by atoms with Crippen molar-refractivity contribution in [3.8, 4) is 0 Å². The van der Waals surface area contributed by atoms with Gasteiger partial charge in [0, 0.05) is 11.8 Å². The lowest BCUT2D eigenvalue weighted by atomic mass is 9.69. The van der Waals surface area contributed by atoms with Crippen molar-refractivity contribution in [2.75, 3.05) is 0 Å². The number of fused-ring (bicyclic) bond motifs is 9. The molecule has 3 fully saturated rings. The number of benzene rings is 1. The predicted molar refractivity (Wildman–Crippen MR) is 79.6 cm³/mol. The Hall–Kier alpha value is -1.57. The summed E-state index contributed by atoms with van der Waals surface area (Å²) < 4.78 is 6.29. The van der Waals surface area contributed by atoms with Crippen LogP contribution in [-0.2, 0) is 4.74 Å². The average molecular weight is 280 g/mol. The molecule has 3 saturated carbocycles. The van der Waals surface area contributed by atoms with Crippen LogP contribution in [0.5, 0.6) is 0 Å². The lowest BCUT2D eigenvalue weighted by molar-refractivity contribution is -0.0893. The highest BCUT2D eigenvalue weighted by atomic mass is 16.6. The molecule has 5 rings (SSSR count). The van der Waals surface area contributed by atoms with Crippen LogP contribution in [-0.4, -0.2) is 11.6 Å². The molecule has 0 N–H and O–H groups in total. The van der Waals surface area contributed by atoms with Crippen molar-refractivity contribution in [3.05, 3.63) is 48.0 Å². The van der Waals surface area contributed by atoms with Gasteiger partial charge >= 0.3 is 5.97 Å². The minimum atomic E-state index is -0.171. The van der Waals surface area contributed by atoms with Crippen molar-refractivity contribution in [1.29, 1.82) is 0 Å². The molecule has 0 spiro atoms. The van der Waals surface area contributed by atoms with E-state index in [0.29, 0.717) is 29.2 Å². The molecule has 2 nitrogen and oxygen atoms in total. The summed E-state index contributed by atoms with van der Waals surface area (Å²) in [6.07, 6.45) is 9.81. The van der Waals surface area contributed by atoms with Crippen LogP contribution in [0.1, 0.15) is 36.0 Å². The molecule has 108 valence electrons. The molecule has 0 aromatic heterocycles. The van der Waals surface area contributed by atoms with E-state index in [0.717, 1.165) is 5.92 Å². The monoisotopic (exact) mass is 280 g/mol. The van der Waals surface area contributed by atoms with Gasteiger partial charge in [-0.05, 0) is 55.6 Å². The molecule has 4 aliphatic carbocycles. The second kappa shape index (κ2) is 4.00. The first kappa shape index (κ1) is 12.0. The fraction of sp³-hybridized carbons (Fsp3) is 0.526. The largest absolute Gasteiger partial charge is 0.454 e. The summed E-state index contributed by atoms with van der Waals surface area (Å²) in [5, 5.41) is 0. The van der Waals surface area contributed by atoms with Gasteiger partial charge in [0.1, 0.15) is 5.60 Å². The molecule has 6 atom stereocenters. The molecular weight excluding hydrogens is 260 g/mol. The van der Waals surface area contributed by atoms with Crippen molar-refractivity contribution in [1.82, 2.24) is 0 Å². The van der Waals surface area contributed by atoms with Gasteiger partial charge in [0.05, 0.1) is 5.56 Å². The summed E-state index contributed by atoms with van der Waals surface area (Å²) in [7, 11) is 0. The lowest BCUT2D eigenvalue weighted by Gasteiger charge is -2.44. The standard InChI is InChI=1S/C19H20O2/c20-18(12-4-2-1-3-5-12)21-19-15-8-6-13(10-15)17(19)14-7-9-16(19)11-14/h1-6,8,13-17H,7,9-11H2. The fourth-order valence-electron chi connectivity index (χ4n) is 5.98. The lowest BCUT2D eigenvalue weighted by Crippen LogP contribution is -2.50. The van der Waals surface area contributed by atoms with Crippen LogP contribution in [0, 0.1) is 29.6 Å². The molecular formula is C19H20O2. The zero-order chi connectivity index (χ0) is 14.0. The summed E-state index contributed by atoms with van der Waals surface area (Å²) >= 11 is 0.